The van der Waals surface area contributed by atoms with Gasteiger partial charge in [-0.1, -0.05) is 39.8 Å². The molecule has 0 unspecified atom stereocenters. The van der Waals surface area contributed by atoms with Crippen LogP contribution in [-0.4, -0.2) is 9.97 Å². The first-order valence-electron chi connectivity index (χ1n) is 7.04. The smallest absolute Gasteiger partial charge is 0.224 e. The highest BCUT2D eigenvalue weighted by atomic mass is 16.5. The van der Waals surface area contributed by atoms with Crippen LogP contribution >= 0.6 is 0 Å². The molecule has 21 heavy (non-hydrogen) atoms. The van der Waals surface area contributed by atoms with Gasteiger partial charge in [-0.15, -0.1) is 0 Å². The van der Waals surface area contributed by atoms with Gasteiger partial charge >= 0.3 is 0 Å². The fraction of sp³-hybridized carbons (Fsp3) is 0.375. The van der Waals surface area contributed by atoms with E-state index in [1.54, 1.807) is 6.07 Å². The first-order chi connectivity index (χ1) is 9.94. The van der Waals surface area contributed by atoms with Gasteiger partial charge in [0.2, 0.25) is 5.88 Å². The number of hydrazine groups is 1. The van der Waals surface area contributed by atoms with Crippen molar-refractivity contribution in [3.05, 3.63) is 41.7 Å². The molecule has 0 bridgehead atoms. The van der Waals surface area contributed by atoms with Gasteiger partial charge in [0, 0.05) is 11.6 Å². The Hall–Kier alpha value is -2.14. The predicted molar refractivity (Wildman–Crippen MR) is 84.4 cm³/mol. The normalized spacial score (nSPS) is 11.3. The summed E-state index contributed by atoms with van der Waals surface area (Å²) in [6.07, 6.45) is 2.42. The Morgan fingerprint density at radius 3 is 2.57 bits per heavy atom. The quantitative estimate of drug-likeness (QED) is 0.665. The Morgan fingerprint density at radius 2 is 1.95 bits per heavy atom. The van der Waals surface area contributed by atoms with Gasteiger partial charge in [0.05, 0.1) is 0 Å². The molecular formula is C16H22N4O. The average Bonchev–Trinajstić information content (AvgIpc) is 2.46. The maximum absolute atomic E-state index is 5.93. The molecule has 3 N–H and O–H groups in total. The van der Waals surface area contributed by atoms with Crippen molar-refractivity contribution in [3.8, 4) is 11.6 Å². The van der Waals surface area contributed by atoms with Crippen molar-refractivity contribution in [1.82, 2.24) is 9.97 Å². The minimum Gasteiger partial charge on any atom is -0.439 e. The molecule has 0 atom stereocenters. The van der Waals surface area contributed by atoms with Gasteiger partial charge in [0.25, 0.3) is 0 Å². The Morgan fingerprint density at radius 1 is 1.19 bits per heavy atom. The van der Waals surface area contributed by atoms with E-state index in [9.17, 15) is 0 Å². The van der Waals surface area contributed by atoms with Crippen LogP contribution in [0, 0.1) is 0 Å². The molecule has 5 nitrogen and oxygen atoms in total. The van der Waals surface area contributed by atoms with Crippen LogP contribution in [0.15, 0.2) is 30.6 Å². The lowest BCUT2D eigenvalue weighted by atomic mass is 9.85. The molecule has 2 aromatic rings. The van der Waals surface area contributed by atoms with Crippen LogP contribution in [0.3, 0.4) is 0 Å². The molecule has 0 saturated carbocycles. The zero-order valence-electron chi connectivity index (χ0n) is 13.0. The van der Waals surface area contributed by atoms with Gasteiger partial charge in [-0.3, -0.25) is 0 Å². The van der Waals surface area contributed by atoms with E-state index in [0.29, 0.717) is 11.7 Å². The molecule has 0 fully saturated rings. The van der Waals surface area contributed by atoms with Crippen molar-refractivity contribution in [3.63, 3.8) is 0 Å². The fourth-order valence-corrected chi connectivity index (χ4v) is 2.06. The summed E-state index contributed by atoms with van der Waals surface area (Å²) in [5.41, 5.74) is 4.92. The molecule has 0 amide bonds. The van der Waals surface area contributed by atoms with Gasteiger partial charge in [-0.25, -0.2) is 15.8 Å². The maximum atomic E-state index is 5.93. The topological polar surface area (TPSA) is 73.1 Å². The van der Waals surface area contributed by atoms with Crippen molar-refractivity contribution in [2.45, 2.75) is 39.5 Å². The molecule has 1 aromatic carbocycles. The number of benzene rings is 1. The molecule has 1 heterocycles. The van der Waals surface area contributed by atoms with Crippen molar-refractivity contribution < 1.29 is 4.74 Å². The first kappa shape index (κ1) is 15.3. The molecule has 2 rings (SSSR count). The molecule has 1 aromatic heterocycles. The van der Waals surface area contributed by atoms with Gasteiger partial charge in [-0.2, -0.15) is 0 Å². The highest BCUT2D eigenvalue weighted by molar-refractivity contribution is 5.44. The summed E-state index contributed by atoms with van der Waals surface area (Å²) in [4.78, 5) is 8.09. The molecule has 0 aliphatic rings. The highest BCUT2D eigenvalue weighted by Crippen LogP contribution is 2.34. The largest absolute Gasteiger partial charge is 0.439 e. The van der Waals surface area contributed by atoms with E-state index >= 15 is 0 Å². The van der Waals surface area contributed by atoms with Crippen molar-refractivity contribution in [1.29, 1.82) is 0 Å². The number of hydrogen-bond acceptors (Lipinski definition) is 5. The Bertz CT molecular complexity index is 620. The standard InChI is InChI=1S/C16H22N4O/c1-5-11-6-7-13(12(8-11)16(2,3)4)21-15-9-14(20-17)18-10-19-15/h6-10H,5,17H2,1-4H3,(H,18,19,20). The van der Waals surface area contributed by atoms with Crippen molar-refractivity contribution >= 4 is 5.82 Å². The van der Waals surface area contributed by atoms with Gasteiger partial charge < -0.3 is 10.2 Å². The number of nitrogens with one attached hydrogen (secondary N) is 1. The summed E-state index contributed by atoms with van der Waals surface area (Å²) in [6.45, 7) is 8.65. The van der Waals surface area contributed by atoms with Crippen LogP contribution in [0.1, 0.15) is 38.8 Å². The summed E-state index contributed by atoms with van der Waals surface area (Å²) in [7, 11) is 0. The van der Waals surface area contributed by atoms with E-state index in [0.717, 1.165) is 17.7 Å². The van der Waals surface area contributed by atoms with E-state index in [2.05, 4.69) is 55.2 Å². The third-order valence-corrected chi connectivity index (χ3v) is 3.26. The molecule has 5 heteroatoms. The number of hydrogen-bond donors (Lipinski definition) is 2. The maximum Gasteiger partial charge on any atom is 0.224 e. The lowest BCUT2D eigenvalue weighted by Crippen LogP contribution is -2.13. The van der Waals surface area contributed by atoms with Crippen LogP contribution < -0.4 is 16.0 Å². The Labute approximate surface area is 125 Å². The van der Waals surface area contributed by atoms with E-state index in [4.69, 9.17) is 10.6 Å². The molecule has 112 valence electrons. The molecule has 0 spiro atoms. The molecule has 0 radical (unpaired) electrons. The molecule has 0 aliphatic heterocycles. The lowest BCUT2D eigenvalue weighted by molar-refractivity contribution is 0.438. The van der Waals surface area contributed by atoms with Crippen LogP contribution in [0.2, 0.25) is 0 Å². The lowest BCUT2D eigenvalue weighted by Gasteiger charge is -2.23. The summed E-state index contributed by atoms with van der Waals surface area (Å²) < 4.78 is 5.93. The first-order valence-corrected chi connectivity index (χ1v) is 7.04. The van der Waals surface area contributed by atoms with Gasteiger partial charge in [0.15, 0.2) is 0 Å². The minimum absolute atomic E-state index is 0.0114. The van der Waals surface area contributed by atoms with E-state index in [1.807, 2.05) is 6.07 Å². The Balaban J connectivity index is 2.39. The number of rotatable bonds is 4. The number of anilines is 1. The molecule has 0 aliphatic carbocycles. The minimum atomic E-state index is -0.0114. The number of nitrogen functional groups attached to an aromatic ring is 1. The van der Waals surface area contributed by atoms with Crippen molar-refractivity contribution in [2.24, 2.45) is 5.84 Å². The average molecular weight is 286 g/mol. The van der Waals surface area contributed by atoms with Crippen LogP contribution in [0.4, 0.5) is 5.82 Å². The van der Waals surface area contributed by atoms with Crippen LogP contribution in [0.5, 0.6) is 11.6 Å². The SMILES string of the molecule is CCc1ccc(Oc2cc(NN)ncn2)c(C(C)(C)C)c1. The number of nitrogens with two attached hydrogens (primary N) is 1. The number of aromatic nitrogens is 2. The van der Waals surface area contributed by atoms with Crippen molar-refractivity contribution in [2.75, 3.05) is 5.43 Å². The zero-order valence-corrected chi connectivity index (χ0v) is 13.0. The predicted octanol–water partition coefficient (Wildman–Crippen LogP) is 3.41. The van der Waals surface area contributed by atoms with Gasteiger partial charge in [-0.05, 0) is 23.5 Å². The highest BCUT2D eigenvalue weighted by Gasteiger charge is 2.20. The zero-order chi connectivity index (χ0) is 15.5. The summed E-state index contributed by atoms with van der Waals surface area (Å²) >= 11 is 0. The number of ether oxygens (including phenoxy) is 1. The monoisotopic (exact) mass is 286 g/mol. The van der Waals surface area contributed by atoms with E-state index < -0.39 is 0 Å². The summed E-state index contributed by atoms with van der Waals surface area (Å²) in [5.74, 6) is 7.14. The second-order valence-corrected chi connectivity index (χ2v) is 5.92. The van der Waals surface area contributed by atoms with Crippen LogP contribution in [-0.2, 0) is 11.8 Å². The van der Waals surface area contributed by atoms with Gasteiger partial charge in [0.1, 0.15) is 17.9 Å². The third kappa shape index (κ3) is 3.70. The summed E-state index contributed by atoms with van der Waals surface area (Å²) in [6, 6.07) is 7.93. The second kappa shape index (κ2) is 6.10. The number of aryl methyl sites for hydroxylation is 1. The third-order valence-electron chi connectivity index (χ3n) is 3.26. The summed E-state index contributed by atoms with van der Waals surface area (Å²) in [5, 5.41) is 0. The Kier molecular flexibility index (Phi) is 4.43. The molecular weight excluding hydrogens is 264 g/mol. The molecule has 0 saturated heterocycles. The number of nitrogens with zero attached hydrogens (tertiary/aromatic N) is 2. The van der Waals surface area contributed by atoms with Crippen LogP contribution in [0.25, 0.3) is 0 Å². The van der Waals surface area contributed by atoms with E-state index in [-0.39, 0.29) is 5.41 Å². The fourth-order valence-electron chi connectivity index (χ4n) is 2.06. The second-order valence-electron chi connectivity index (χ2n) is 5.92. The van der Waals surface area contributed by atoms with E-state index in [1.165, 1.54) is 11.9 Å².